The van der Waals surface area contributed by atoms with Crippen molar-refractivity contribution in [2.45, 2.75) is 40.2 Å². The van der Waals surface area contributed by atoms with Crippen molar-refractivity contribution in [3.63, 3.8) is 0 Å². The third-order valence-electron chi connectivity index (χ3n) is 4.72. The molecule has 0 radical (unpaired) electrons. The molecule has 128 valence electrons. The van der Waals surface area contributed by atoms with E-state index in [2.05, 4.69) is 12.1 Å². The molecule has 2 aromatic rings. The molecule has 1 aliphatic heterocycles. The molecule has 24 heavy (non-hydrogen) atoms. The predicted octanol–water partition coefficient (Wildman–Crippen LogP) is 3.74. The maximum absolute atomic E-state index is 12.8. The van der Waals surface area contributed by atoms with Gasteiger partial charge in [0.2, 0.25) is 0 Å². The molecule has 2 heterocycles. The first-order valence-corrected chi connectivity index (χ1v) is 8.49. The third-order valence-corrected chi connectivity index (χ3v) is 4.72. The van der Waals surface area contributed by atoms with Gasteiger partial charge >= 0.3 is 0 Å². The molecule has 1 saturated heterocycles. The normalized spacial score (nSPS) is 15.5. The van der Waals surface area contributed by atoms with Gasteiger partial charge in [0.15, 0.2) is 5.69 Å². The van der Waals surface area contributed by atoms with E-state index in [1.165, 1.54) is 0 Å². The Labute approximate surface area is 142 Å². The van der Waals surface area contributed by atoms with Crippen molar-refractivity contribution in [1.82, 2.24) is 10.1 Å². The van der Waals surface area contributed by atoms with Crippen LogP contribution in [0.4, 0.5) is 0 Å². The van der Waals surface area contributed by atoms with E-state index in [9.17, 15) is 4.79 Å². The van der Waals surface area contributed by atoms with Gasteiger partial charge in [-0.05, 0) is 44.2 Å². The van der Waals surface area contributed by atoms with Crippen LogP contribution in [0.15, 0.2) is 28.8 Å². The van der Waals surface area contributed by atoms with Crippen LogP contribution < -0.4 is 4.74 Å². The number of carbonyl (C=O) groups is 1. The van der Waals surface area contributed by atoms with Gasteiger partial charge in [-0.25, -0.2) is 0 Å². The van der Waals surface area contributed by atoms with Gasteiger partial charge in [0.05, 0.1) is 5.56 Å². The highest BCUT2D eigenvalue weighted by Crippen LogP contribution is 2.23. The molecule has 0 N–H and O–H groups in total. The number of rotatable bonds is 4. The fourth-order valence-corrected chi connectivity index (χ4v) is 2.96. The number of piperidine rings is 1. The summed E-state index contributed by atoms with van der Waals surface area (Å²) < 4.78 is 11.2. The standard InChI is InChI=1S/C19H24N2O3/c1-13-8-10-21(11-9-13)19(22)18-16(15(3)24-20-18)12-23-17-7-5-4-6-14(17)2/h4-7,13H,8-12H2,1-3H3. The Morgan fingerprint density at radius 2 is 2.00 bits per heavy atom. The lowest BCUT2D eigenvalue weighted by atomic mass is 9.99. The summed E-state index contributed by atoms with van der Waals surface area (Å²) in [6.07, 6.45) is 2.08. The number of hydrogen-bond donors (Lipinski definition) is 0. The number of benzene rings is 1. The fraction of sp³-hybridized carbons (Fsp3) is 0.474. The predicted molar refractivity (Wildman–Crippen MR) is 91.1 cm³/mol. The lowest BCUT2D eigenvalue weighted by Gasteiger charge is -2.29. The van der Waals surface area contributed by atoms with Gasteiger partial charge < -0.3 is 14.2 Å². The van der Waals surface area contributed by atoms with E-state index < -0.39 is 0 Å². The molecule has 5 heteroatoms. The van der Waals surface area contributed by atoms with Crippen LogP contribution in [0.2, 0.25) is 0 Å². The molecule has 1 aromatic carbocycles. The summed E-state index contributed by atoms with van der Waals surface area (Å²) in [6.45, 7) is 7.89. The number of aryl methyl sites for hydroxylation is 2. The van der Waals surface area contributed by atoms with Gasteiger partial charge in [-0.1, -0.05) is 30.3 Å². The zero-order valence-corrected chi connectivity index (χ0v) is 14.5. The summed E-state index contributed by atoms with van der Waals surface area (Å²) in [4.78, 5) is 14.6. The minimum absolute atomic E-state index is 0.0536. The first-order valence-electron chi connectivity index (χ1n) is 8.49. The Morgan fingerprint density at radius 3 is 2.71 bits per heavy atom. The smallest absolute Gasteiger partial charge is 0.276 e. The van der Waals surface area contributed by atoms with E-state index in [4.69, 9.17) is 9.26 Å². The number of likely N-dealkylation sites (tertiary alicyclic amines) is 1. The number of hydrogen-bond acceptors (Lipinski definition) is 4. The summed E-state index contributed by atoms with van der Waals surface area (Å²) in [5.41, 5.74) is 2.18. The SMILES string of the molecule is Cc1ccccc1OCc1c(C(=O)N2CCC(C)CC2)noc1C. The number of ether oxygens (including phenoxy) is 1. The zero-order valence-electron chi connectivity index (χ0n) is 14.5. The molecule has 5 nitrogen and oxygen atoms in total. The van der Waals surface area contributed by atoms with E-state index in [0.717, 1.165) is 42.8 Å². The number of amides is 1. The topological polar surface area (TPSA) is 55.6 Å². The van der Waals surface area contributed by atoms with Crippen LogP contribution in [0.5, 0.6) is 5.75 Å². The molecule has 0 spiro atoms. The summed E-state index contributed by atoms with van der Waals surface area (Å²) in [5.74, 6) is 2.07. The second-order valence-electron chi connectivity index (χ2n) is 6.59. The average molecular weight is 328 g/mol. The van der Waals surface area contributed by atoms with Gasteiger partial charge in [-0.3, -0.25) is 4.79 Å². The Balaban J connectivity index is 1.74. The molecule has 0 saturated carbocycles. The second-order valence-corrected chi connectivity index (χ2v) is 6.59. The highest BCUT2D eigenvalue weighted by atomic mass is 16.5. The molecule has 0 bridgehead atoms. The Bertz CT molecular complexity index is 715. The van der Waals surface area contributed by atoms with Crippen LogP contribution in [-0.2, 0) is 6.61 Å². The summed E-state index contributed by atoms with van der Waals surface area (Å²) >= 11 is 0. The Kier molecular flexibility index (Phi) is 4.88. The first kappa shape index (κ1) is 16.6. The molecule has 1 aromatic heterocycles. The van der Waals surface area contributed by atoms with Gasteiger partial charge in [0.1, 0.15) is 18.1 Å². The van der Waals surface area contributed by atoms with Gasteiger partial charge in [-0.2, -0.15) is 0 Å². The molecule has 1 aliphatic rings. The molecule has 1 fully saturated rings. The molecule has 0 atom stereocenters. The molecule has 1 amide bonds. The first-order chi connectivity index (χ1) is 11.6. The van der Waals surface area contributed by atoms with Crippen LogP contribution in [0.1, 0.15) is 47.1 Å². The monoisotopic (exact) mass is 328 g/mol. The van der Waals surface area contributed by atoms with Crippen molar-refractivity contribution in [2.24, 2.45) is 5.92 Å². The minimum atomic E-state index is -0.0536. The van der Waals surface area contributed by atoms with Gasteiger partial charge in [0, 0.05) is 13.1 Å². The van der Waals surface area contributed by atoms with Crippen LogP contribution >= 0.6 is 0 Å². The van der Waals surface area contributed by atoms with Crippen molar-refractivity contribution in [3.05, 3.63) is 46.8 Å². The van der Waals surface area contributed by atoms with Gasteiger partial charge in [-0.15, -0.1) is 0 Å². The van der Waals surface area contributed by atoms with Crippen LogP contribution in [0.3, 0.4) is 0 Å². The van der Waals surface area contributed by atoms with Gasteiger partial charge in [0.25, 0.3) is 5.91 Å². The van der Waals surface area contributed by atoms with Crippen LogP contribution in [-0.4, -0.2) is 29.1 Å². The van der Waals surface area contributed by atoms with E-state index in [1.807, 2.05) is 43.0 Å². The summed E-state index contributed by atoms with van der Waals surface area (Å²) in [5, 5.41) is 4.00. The lowest BCUT2D eigenvalue weighted by Crippen LogP contribution is -2.38. The molecule has 0 unspecified atom stereocenters. The molecule has 0 aliphatic carbocycles. The zero-order chi connectivity index (χ0) is 17.1. The average Bonchev–Trinajstić information content (AvgIpc) is 2.95. The van der Waals surface area contributed by atoms with Crippen molar-refractivity contribution in [3.8, 4) is 5.75 Å². The maximum atomic E-state index is 12.8. The van der Waals surface area contributed by atoms with E-state index in [0.29, 0.717) is 17.4 Å². The Hall–Kier alpha value is -2.30. The number of carbonyl (C=O) groups excluding carboxylic acids is 1. The quantitative estimate of drug-likeness (QED) is 0.858. The highest BCUT2D eigenvalue weighted by Gasteiger charge is 2.27. The molecular weight excluding hydrogens is 304 g/mol. The second kappa shape index (κ2) is 7.07. The minimum Gasteiger partial charge on any atom is -0.488 e. The lowest BCUT2D eigenvalue weighted by molar-refractivity contribution is 0.0684. The van der Waals surface area contributed by atoms with Crippen LogP contribution in [0, 0.1) is 19.8 Å². The summed E-state index contributed by atoms with van der Waals surface area (Å²) in [6, 6.07) is 7.82. The van der Waals surface area contributed by atoms with E-state index in [1.54, 1.807) is 0 Å². The largest absolute Gasteiger partial charge is 0.488 e. The number of para-hydroxylation sites is 1. The highest BCUT2D eigenvalue weighted by molar-refractivity contribution is 5.93. The van der Waals surface area contributed by atoms with Crippen molar-refractivity contribution >= 4 is 5.91 Å². The molecular formula is C19H24N2O3. The third kappa shape index (κ3) is 3.45. The number of aromatic nitrogens is 1. The van der Waals surface area contributed by atoms with Crippen LogP contribution in [0.25, 0.3) is 0 Å². The summed E-state index contributed by atoms with van der Waals surface area (Å²) in [7, 11) is 0. The van der Waals surface area contributed by atoms with Crippen molar-refractivity contribution < 1.29 is 14.1 Å². The fourth-order valence-electron chi connectivity index (χ4n) is 2.96. The van der Waals surface area contributed by atoms with E-state index >= 15 is 0 Å². The maximum Gasteiger partial charge on any atom is 0.276 e. The Morgan fingerprint density at radius 1 is 1.29 bits per heavy atom. The van der Waals surface area contributed by atoms with Crippen molar-refractivity contribution in [1.29, 1.82) is 0 Å². The number of nitrogens with zero attached hydrogens (tertiary/aromatic N) is 2. The van der Waals surface area contributed by atoms with E-state index in [-0.39, 0.29) is 12.5 Å². The molecule has 3 rings (SSSR count). The van der Waals surface area contributed by atoms with Crippen molar-refractivity contribution in [2.75, 3.05) is 13.1 Å².